The Labute approximate surface area is 152 Å². The predicted octanol–water partition coefficient (Wildman–Crippen LogP) is 2.80. The quantitative estimate of drug-likeness (QED) is 0.783. The first-order valence-electron chi connectivity index (χ1n) is 9.17. The maximum Gasteiger partial charge on any atom is 0.339 e. The zero-order valence-corrected chi connectivity index (χ0v) is 14.5. The Kier molecular flexibility index (Phi) is 3.23. The molecular weight excluding hydrogens is 328 g/mol. The first-order chi connectivity index (χ1) is 12.6. The standard InChI is InChI=1S/C21H20N2O3/c24-18-16-4-1-2-5-17(16)21(26-18)10-13-23(14-21)19(25)20(8-3-9-20)15-6-11-22-12-7-15/h1-2,4-7,11-12H,3,8-10,13-14H2. The van der Waals surface area contributed by atoms with Crippen LogP contribution in [-0.4, -0.2) is 34.8 Å². The second-order valence-corrected chi connectivity index (χ2v) is 7.58. The van der Waals surface area contributed by atoms with Crippen molar-refractivity contribution in [3.05, 3.63) is 65.5 Å². The molecule has 1 unspecified atom stereocenters. The largest absolute Gasteiger partial charge is 0.449 e. The number of likely N-dealkylation sites (tertiary alicyclic amines) is 1. The van der Waals surface area contributed by atoms with Crippen LogP contribution in [0.2, 0.25) is 0 Å². The number of carbonyl (C=O) groups is 2. The number of amides is 1. The van der Waals surface area contributed by atoms with E-state index in [0.717, 1.165) is 30.4 Å². The molecule has 2 aromatic rings. The lowest BCUT2D eigenvalue weighted by Gasteiger charge is -2.43. The summed E-state index contributed by atoms with van der Waals surface area (Å²) in [5, 5.41) is 0. The summed E-state index contributed by atoms with van der Waals surface area (Å²) in [5.41, 5.74) is 1.50. The van der Waals surface area contributed by atoms with Crippen LogP contribution in [0, 0.1) is 0 Å². The lowest BCUT2D eigenvalue weighted by atomic mass is 9.63. The van der Waals surface area contributed by atoms with E-state index >= 15 is 0 Å². The maximum absolute atomic E-state index is 13.4. The number of ether oxygens (including phenoxy) is 1. The van der Waals surface area contributed by atoms with Gasteiger partial charge in [0.2, 0.25) is 5.91 Å². The number of pyridine rings is 1. The molecule has 0 bridgehead atoms. The van der Waals surface area contributed by atoms with Crippen LogP contribution in [0.5, 0.6) is 0 Å². The molecule has 5 rings (SSSR count). The van der Waals surface area contributed by atoms with Gasteiger partial charge in [-0.1, -0.05) is 24.6 Å². The van der Waals surface area contributed by atoms with E-state index in [1.165, 1.54) is 0 Å². The van der Waals surface area contributed by atoms with Gasteiger partial charge in [0.1, 0.15) is 0 Å². The topological polar surface area (TPSA) is 59.5 Å². The van der Waals surface area contributed by atoms with Gasteiger partial charge in [-0.3, -0.25) is 9.78 Å². The molecule has 1 spiro atoms. The van der Waals surface area contributed by atoms with E-state index in [0.29, 0.717) is 25.1 Å². The SMILES string of the molecule is O=C1OC2(CCN(C(=O)C3(c4ccncc4)CCC3)C2)c2ccccc21. The van der Waals surface area contributed by atoms with Gasteiger partial charge >= 0.3 is 5.97 Å². The highest BCUT2D eigenvalue weighted by atomic mass is 16.6. The Balaban J connectivity index is 1.45. The summed E-state index contributed by atoms with van der Waals surface area (Å²) < 4.78 is 5.79. The number of esters is 1. The Morgan fingerprint density at radius 3 is 2.58 bits per heavy atom. The van der Waals surface area contributed by atoms with Crippen molar-refractivity contribution in [2.24, 2.45) is 0 Å². The first kappa shape index (κ1) is 15.6. The van der Waals surface area contributed by atoms with Crippen molar-refractivity contribution in [3.8, 4) is 0 Å². The van der Waals surface area contributed by atoms with Crippen LogP contribution in [-0.2, 0) is 20.5 Å². The number of rotatable bonds is 2. The molecule has 1 saturated carbocycles. The lowest BCUT2D eigenvalue weighted by Crippen LogP contribution is -2.51. The molecule has 3 aliphatic rings. The fraction of sp³-hybridized carbons (Fsp3) is 0.381. The Hall–Kier alpha value is -2.69. The van der Waals surface area contributed by atoms with E-state index in [2.05, 4.69) is 4.98 Å². The first-order valence-corrected chi connectivity index (χ1v) is 9.17. The van der Waals surface area contributed by atoms with Gasteiger partial charge in [-0.2, -0.15) is 0 Å². The van der Waals surface area contributed by atoms with Crippen molar-refractivity contribution >= 4 is 11.9 Å². The zero-order chi connectivity index (χ0) is 17.8. The minimum atomic E-state index is -0.674. The maximum atomic E-state index is 13.4. The molecule has 2 fully saturated rings. The molecule has 1 aromatic carbocycles. The van der Waals surface area contributed by atoms with Crippen molar-refractivity contribution in [1.82, 2.24) is 9.88 Å². The van der Waals surface area contributed by atoms with E-state index in [1.807, 2.05) is 35.2 Å². The summed E-state index contributed by atoms with van der Waals surface area (Å²) in [7, 11) is 0. The minimum Gasteiger partial charge on any atom is -0.449 e. The molecule has 2 aliphatic heterocycles. The molecule has 0 N–H and O–H groups in total. The lowest BCUT2D eigenvalue weighted by molar-refractivity contribution is -0.140. The smallest absolute Gasteiger partial charge is 0.339 e. The van der Waals surface area contributed by atoms with Crippen LogP contribution in [0.25, 0.3) is 0 Å². The monoisotopic (exact) mass is 348 g/mol. The molecule has 1 aliphatic carbocycles. The summed E-state index contributed by atoms with van der Waals surface area (Å²) >= 11 is 0. The van der Waals surface area contributed by atoms with E-state index in [-0.39, 0.29) is 11.9 Å². The molecule has 1 saturated heterocycles. The highest BCUT2D eigenvalue weighted by molar-refractivity contribution is 5.95. The van der Waals surface area contributed by atoms with Crippen molar-refractivity contribution in [2.75, 3.05) is 13.1 Å². The average molecular weight is 348 g/mol. The highest BCUT2D eigenvalue weighted by Crippen LogP contribution is 2.48. The third kappa shape index (κ3) is 2.00. The molecule has 26 heavy (non-hydrogen) atoms. The number of carbonyl (C=O) groups excluding carboxylic acids is 2. The van der Waals surface area contributed by atoms with E-state index in [9.17, 15) is 9.59 Å². The second kappa shape index (κ2) is 5.40. The number of aromatic nitrogens is 1. The third-order valence-corrected chi connectivity index (χ3v) is 6.29. The summed E-state index contributed by atoms with van der Waals surface area (Å²) in [6, 6.07) is 11.4. The Morgan fingerprint density at radius 1 is 1.08 bits per heavy atom. The number of fused-ring (bicyclic) bond motifs is 2. The number of hydrogen-bond acceptors (Lipinski definition) is 4. The summed E-state index contributed by atoms with van der Waals surface area (Å²) in [6.45, 7) is 1.06. The van der Waals surface area contributed by atoms with Gasteiger partial charge in [-0.25, -0.2) is 4.79 Å². The van der Waals surface area contributed by atoms with Gasteiger partial charge in [0, 0.05) is 30.9 Å². The van der Waals surface area contributed by atoms with Gasteiger partial charge in [-0.15, -0.1) is 0 Å². The van der Waals surface area contributed by atoms with Gasteiger partial charge < -0.3 is 9.64 Å². The van der Waals surface area contributed by atoms with Crippen LogP contribution < -0.4 is 0 Å². The molecule has 1 amide bonds. The molecule has 3 heterocycles. The number of benzene rings is 1. The predicted molar refractivity (Wildman–Crippen MR) is 94.5 cm³/mol. The average Bonchev–Trinajstić information content (AvgIpc) is 3.18. The van der Waals surface area contributed by atoms with E-state index in [4.69, 9.17) is 4.74 Å². The van der Waals surface area contributed by atoms with E-state index < -0.39 is 11.0 Å². The summed E-state index contributed by atoms with van der Waals surface area (Å²) in [4.78, 5) is 31.7. The van der Waals surface area contributed by atoms with Gasteiger partial charge in [0.05, 0.1) is 17.5 Å². The van der Waals surface area contributed by atoms with Crippen LogP contribution in [0.4, 0.5) is 0 Å². The van der Waals surface area contributed by atoms with Crippen molar-refractivity contribution < 1.29 is 14.3 Å². The summed E-state index contributed by atoms with van der Waals surface area (Å²) in [5.74, 6) is -0.116. The number of hydrogen-bond donors (Lipinski definition) is 0. The van der Waals surface area contributed by atoms with Crippen LogP contribution in [0.1, 0.15) is 47.2 Å². The van der Waals surface area contributed by atoms with Gasteiger partial charge in [0.15, 0.2) is 5.60 Å². The van der Waals surface area contributed by atoms with Crippen LogP contribution in [0.3, 0.4) is 0 Å². The normalized spacial score (nSPS) is 25.7. The molecule has 5 nitrogen and oxygen atoms in total. The van der Waals surface area contributed by atoms with Crippen molar-refractivity contribution in [1.29, 1.82) is 0 Å². The van der Waals surface area contributed by atoms with Crippen LogP contribution >= 0.6 is 0 Å². The number of nitrogens with zero attached hydrogens (tertiary/aromatic N) is 2. The van der Waals surface area contributed by atoms with Crippen molar-refractivity contribution in [3.63, 3.8) is 0 Å². The fourth-order valence-electron chi connectivity index (χ4n) is 4.73. The summed E-state index contributed by atoms with van der Waals surface area (Å²) in [6.07, 6.45) is 6.97. The van der Waals surface area contributed by atoms with Crippen molar-refractivity contribution in [2.45, 2.75) is 36.7 Å². The van der Waals surface area contributed by atoms with Crippen LogP contribution in [0.15, 0.2) is 48.8 Å². The Morgan fingerprint density at radius 2 is 1.85 bits per heavy atom. The fourth-order valence-corrected chi connectivity index (χ4v) is 4.73. The van der Waals surface area contributed by atoms with Gasteiger partial charge in [-0.05, 0) is 36.6 Å². The minimum absolute atomic E-state index is 0.159. The molecule has 132 valence electrons. The molecule has 0 radical (unpaired) electrons. The van der Waals surface area contributed by atoms with Gasteiger partial charge in [0.25, 0.3) is 0 Å². The second-order valence-electron chi connectivity index (χ2n) is 7.58. The molecule has 5 heteroatoms. The highest BCUT2D eigenvalue weighted by Gasteiger charge is 2.55. The Bertz CT molecular complexity index is 891. The third-order valence-electron chi connectivity index (χ3n) is 6.29. The van der Waals surface area contributed by atoms with E-state index in [1.54, 1.807) is 18.5 Å². The zero-order valence-electron chi connectivity index (χ0n) is 14.5. The molecule has 1 aromatic heterocycles. The molecule has 1 atom stereocenters. The molecular formula is C21H20N2O3.